The van der Waals surface area contributed by atoms with Crippen molar-refractivity contribution in [3.05, 3.63) is 53.1 Å². The van der Waals surface area contributed by atoms with Gasteiger partial charge in [-0.15, -0.1) is 0 Å². The molecule has 23 heavy (non-hydrogen) atoms. The van der Waals surface area contributed by atoms with Crippen molar-refractivity contribution in [3.63, 3.8) is 0 Å². The lowest BCUT2D eigenvalue weighted by Gasteiger charge is -2.13. The summed E-state index contributed by atoms with van der Waals surface area (Å²) >= 11 is 0. The second-order valence-corrected chi connectivity index (χ2v) is 4.86. The topological polar surface area (TPSA) is 61.8 Å². The molecule has 0 bridgehead atoms. The van der Waals surface area contributed by atoms with Gasteiger partial charge in [-0.3, -0.25) is 9.59 Å². The first-order valence-electron chi connectivity index (χ1n) is 6.98. The highest BCUT2D eigenvalue weighted by Crippen LogP contribution is 2.33. The van der Waals surface area contributed by atoms with Gasteiger partial charge >= 0.3 is 0 Å². The first kappa shape index (κ1) is 16.5. The molecule has 5 heteroatoms. The maximum Gasteiger partial charge on any atom is 0.233 e. The van der Waals surface area contributed by atoms with E-state index in [-0.39, 0.29) is 11.1 Å². The number of carbonyl (C=O) groups is 2. The smallest absolute Gasteiger partial charge is 0.233 e. The third-order valence-corrected chi connectivity index (χ3v) is 3.58. The number of carbonyl (C=O) groups excluding carboxylic acids is 2. The van der Waals surface area contributed by atoms with Gasteiger partial charge in [-0.05, 0) is 31.2 Å². The first-order valence-corrected chi connectivity index (χ1v) is 6.98. The molecular weight excluding hydrogens is 296 g/mol. The van der Waals surface area contributed by atoms with Crippen molar-refractivity contribution >= 4 is 11.6 Å². The second kappa shape index (κ2) is 6.96. The van der Waals surface area contributed by atoms with Gasteiger partial charge in [0.05, 0.1) is 21.3 Å². The summed E-state index contributed by atoms with van der Waals surface area (Å²) in [6.07, 6.45) is 0. The Morgan fingerprint density at radius 3 is 2.22 bits per heavy atom. The summed E-state index contributed by atoms with van der Waals surface area (Å²) in [6, 6.07) is 9.67. The van der Waals surface area contributed by atoms with Gasteiger partial charge in [0.1, 0.15) is 5.75 Å². The minimum Gasteiger partial charge on any atom is -0.497 e. The zero-order chi connectivity index (χ0) is 17.0. The quantitative estimate of drug-likeness (QED) is 0.605. The van der Waals surface area contributed by atoms with Crippen LogP contribution in [0.25, 0.3) is 0 Å². The van der Waals surface area contributed by atoms with E-state index in [1.165, 1.54) is 27.4 Å². The van der Waals surface area contributed by atoms with Gasteiger partial charge in [0.15, 0.2) is 11.5 Å². The van der Waals surface area contributed by atoms with Crippen molar-refractivity contribution in [2.45, 2.75) is 6.92 Å². The van der Waals surface area contributed by atoms with Crippen LogP contribution in [0.15, 0.2) is 36.4 Å². The van der Waals surface area contributed by atoms with Gasteiger partial charge in [-0.25, -0.2) is 0 Å². The van der Waals surface area contributed by atoms with Gasteiger partial charge in [0.25, 0.3) is 0 Å². The van der Waals surface area contributed by atoms with Crippen molar-refractivity contribution in [1.29, 1.82) is 0 Å². The molecule has 120 valence electrons. The molecule has 0 spiro atoms. The Kier molecular flexibility index (Phi) is 5.01. The predicted octanol–water partition coefficient (Wildman–Crippen LogP) is 3.09. The molecule has 0 radical (unpaired) electrons. The number of ether oxygens (including phenoxy) is 3. The average Bonchev–Trinajstić information content (AvgIpc) is 2.60. The molecule has 2 rings (SSSR count). The van der Waals surface area contributed by atoms with E-state index in [1.807, 2.05) is 0 Å². The molecule has 0 heterocycles. The molecule has 0 unspecified atom stereocenters. The van der Waals surface area contributed by atoms with E-state index in [2.05, 4.69) is 0 Å². The Morgan fingerprint density at radius 2 is 1.61 bits per heavy atom. The van der Waals surface area contributed by atoms with E-state index in [0.717, 1.165) is 0 Å². The number of hydrogen-bond donors (Lipinski definition) is 0. The number of benzene rings is 2. The van der Waals surface area contributed by atoms with Crippen molar-refractivity contribution in [2.75, 3.05) is 21.3 Å². The van der Waals surface area contributed by atoms with Crippen LogP contribution in [-0.2, 0) is 0 Å². The second-order valence-electron chi connectivity index (χ2n) is 4.86. The molecule has 0 N–H and O–H groups in total. The summed E-state index contributed by atoms with van der Waals surface area (Å²) < 4.78 is 15.5. The SMILES string of the molecule is COc1cccc(C(=O)C(=O)c2ccc(OC)c(OC)c2C)c1. The normalized spacial score (nSPS) is 10.1. The van der Waals surface area contributed by atoms with Crippen LogP contribution in [0.4, 0.5) is 0 Å². The third-order valence-electron chi connectivity index (χ3n) is 3.58. The molecule has 0 atom stereocenters. The number of Topliss-reactive ketones (excluding diaryl/α,β-unsaturated/α-hetero) is 2. The minimum atomic E-state index is -0.600. The Labute approximate surface area is 134 Å². The van der Waals surface area contributed by atoms with Crippen molar-refractivity contribution in [2.24, 2.45) is 0 Å². The lowest BCUT2D eigenvalue weighted by molar-refractivity contribution is 0.0816. The molecule has 0 aromatic heterocycles. The number of ketones is 2. The van der Waals surface area contributed by atoms with Crippen LogP contribution in [0.5, 0.6) is 17.2 Å². The summed E-state index contributed by atoms with van der Waals surface area (Å²) in [5.74, 6) is 0.274. The van der Waals surface area contributed by atoms with Gasteiger partial charge < -0.3 is 14.2 Å². The highest BCUT2D eigenvalue weighted by molar-refractivity contribution is 6.49. The monoisotopic (exact) mass is 314 g/mol. The summed E-state index contributed by atoms with van der Waals surface area (Å²) in [5, 5.41) is 0. The van der Waals surface area contributed by atoms with Crippen molar-refractivity contribution in [3.8, 4) is 17.2 Å². The van der Waals surface area contributed by atoms with Gasteiger partial charge in [0.2, 0.25) is 11.6 Å². The van der Waals surface area contributed by atoms with E-state index in [4.69, 9.17) is 14.2 Å². The molecule has 0 aliphatic rings. The average molecular weight is 314 g/mol. The summed E-state index contributed by atoms with van der Waals surface area (Å²) in [7, 11) is 4.51. The fraction of sp³-hybridized carbons (Fsp3) is 0.222. The predicted molar refractivity (Wildman–Crippen MR) is 85.9 cm³/mol. The summed E-state index contributed by atoms with van der Waals surface area (Å²) in [4.78, 5) is 25.0. The maximum atomic E-state index is 12.5. The molecule has 0 aliphatic carbocycles. The molecule has 2 aromatic rings. The van der Waals surface area contributed by atoms with Crippen LogP contribution in [0.2, 0.25) is 0 Å². The Morgan fingerprint density at radius 1 is 0.870 bits per heavy atom. The maximum absolute atomic E-state index is 12.5. The Bertz CT molecular complexity index is 749. The number of hydrogen-bond acceptors (Lipinski definition) is 5. The van der Waals surface area contributed by atoms with Gasteiger partial charge in [-0.2, -0.15) is 0 Å². The third kappa shape index (κ3) is 3.18. The number of rotatable bonds is 6. The lowest BCUT2D eigenvalue weighted by Crippen LogP contribution is -2.16. The van der Waals surface area contributed by atoms with Crippen LogP contribution in [0.3, 0.4) is 0 Å². The first-order chi connectivity index (χ1) is 11.0. The van der Waals surface area contributed by atoms with Crippen LogP contribution in [0.1, 0.15) is 26.3 Å². The van der Waals surface area contributed by atoms with Crippen LogP contribution >= 0.6 is 0 Å². The van der Waals surface area contributed by atoms with Crippen molar-refractivity contribution in [1.82, 2.24) is 0 Å². The summed E-state index contributed by atoms with van der Waals surface area (Å²) in [5.41, 5.74) is 1.13. The largest absolute Gasteiger partial charge is 0.497 e. The molecule has 0 saturated carbocycles. The van der Waals surface area contributed by atoms with Crippen LogP contribution in [0, 0.1) is 6.92 Å². The van der Waals surface area contributed by atoms with E-state index in [1.54, 1.807) is 37.3 Å². The Hall–Kier alpha value is -2.82. The fourth-order valence-electron chi connectivity index (χ4n) is 2.34. The molecule has 5 nitrogen and oxygen atoms in total. The minimum absolute atomic E-state index is 0.281. The van der Waals surface area contributed by atoms with Crippen molar-refractivity contribution < 1.29 is 23.8 Å². The Balaban J connectivity index is 2.42. The number of methoxy groups -OCH3 is 3. The van der Waals surface area contributed by atoms with E-state index in [9.17, 15) is 9.59 Å². The van der Waals surface area contributed by atoms with Gasteiger partial charge in [-0.1, -0.05) is 12.1 Å². The highest BCUT2D eigenvalue weighted by atomic mass is 16.5. The lowest BCUT2D eigenvalue weighted by atomic mass is 9.97. The van der Waals surface area contributed by atoms with Gasteiger partial charge in [0, 0.05) is 16.7 Å². The van der Waals surface area contributed by atoms with E-state index < -0.39 is 11.6 Å². The van der Waals surface area contributed by atoms with Crippen LogP contribution in [-0.4, -0.2) is 32.9 Å². The summed E-state index contributed by atoms with van der Waals surface area (Å²) in [6.45, 7) is 1.72. The van der Waals surface area contributed by atoms with Crippen LogP contribution < -0.4 is 14.2 Å². The standard InChI is InChI=1S/C18H18O5/c1-11-14(8-9-15(22-3)18(11)23-4)17(20)16(19)12-6-5-7-13(10-12)21-2/h5-10H,1-4H3. The molecule has 0 aliphatic heterocycles. The zero-order valence-corrected chi connectivity index (χ0v) is 13.5. The molecule has 2 aromatic carbocycles. The highest BCUT2D eigenvalue weighted by Gasteiger charge is 2.23. The zero-order valence-electron chi connectivity index (χ0n) is 13.5. The molecule has 0 fully saturated rings. The van der Waals surface area contributed by atoms with E-state index in [0.29, 0.717) is 22.8 Å². The fourth-order valence-corrected chi connectivity index (χ4v) is 2.34. The molecule has 0 saturated heterocycles. The molecular formula is C18H18O5. The molecule has 0 amide bonds. The van der Waals surface area contributed by atoms with E-state index >= 15 is 0 Å².